The molecule has 0 fully saturated rings. The van der Waals surface area contributed by atoms with Crippen LogP contribution in [0.25, 0.3) is 0 Å². The Hall–Kier alpha value is -0.0200. The van der Waals surface area contributed by atoms with Gasteiger partial charge in [-0.15, -0.1) is 23.5 Å². The van der Waals surface area contributed by atoms with Crippen molar-refractivity contribution in [2.75, 3.05) is 26.1 Å². The molecule has 0 bridgehead atoms. The van der Waals surface area contributed by atoms with E-state index in [1.54, 1.807) is 0 Å². The van der Waals surface area contributed by atoms with Crippen molar-refractivity contribution >= 4 is 23.5 Å². The molecule has 0 aromatic rings. The molecule has 0 aliphatic carbocycles. The molecule has 0 aromatic carbocycles. The van der Waals surface area contributed by atoms with Crippen molar-refractivity contribution in [3.63, 3.8) is 0 Å². The van der Waals surface area contributed by atoms with Crippen LogP contribution in [0.4, 0.5) is 0 Å². The molecule has 1 rings (SSSR count). The van der Waals surface area contributed by atoms with E-state index in [1.807, 2.05) is 23.5 Å². The van der Waals surface area contributed by atoms with Crippen LogP contribution in [0.3, 0.4) is 0 Å². The zero-order chi connectivity index (χ0) is 8.27. The molecular weight excluding hydrogens is 174 g/mol. The number of thioether (sulfide) groups is 2. The van der Waals surface area contributed by atoms with Crippen molar-refractivity contribution in [1.82, 2.24) is 4.90 Å². The molecule has 0 aromatic heterocycles. The van der Waals surface area contributed by atoms with Crippen LogP contribution in [0, 0.1) is 0 Å². The summed E-state index contributed by atoms with van der Waals surface area (Å²) < 4.78 is 0. The lowest BCUT2D eigenvalue weighted by Gasteiger charge is -2.24. The number of hydrogen-bond acceptors (Lipinski definition) is 3. The molecule has 1 nitrogen and oxygen atoms in total. The summed E-state index contributed by atoms with van der Waals surface area (Å²) in [7, 11) is 2.13. The monoisotopic (exact) mass is 187 g/mol. The molecule has 0 N–H and O–H groups in total. The maximum atomic E-state index is 2.27. The lowest BCUT2D eigenvalue weighted by atomic mass is 10.4. The van der Waals surface area contributed by atoms with Crippen LogP contribution in [0.15, 0.2) is 22.1 Å². The Bertz CT molecular complexity index is 196. The minimum absolute atomic E-state index is 1.04. The highest BCUT2D eigenvalue weighted by atomic mass is 32.2. The molecule has 1 heterocycles. The number of hydrogen-bond donors (Lipinski definition) is 0. The number of nitrogens with zero attached hydrogens (tertiary/aromatic N) is 1. The third-order valence-corrected chi connectivity index (χ3v) is 3.44. The standard InChI is InChI=1S/C8H13NS2/c1-9-6-4-5-7(10-2)8(9)11-3/h4-5H,6H2,1-3H3. The summed E-state index contributed by atoms with van der Waals surface area (Å²) in [6, 6.07) is 0. The molecule has 0 atom stereocenters. The van der Waals surface area contributed by atoms with Gasteiger partial charge in [-0.05, 0) is 18.6 Å². The maximum absolute atomic E-state index is 2.27. The zero-order valence-electron chi connectivity index (χ0n) is 7.13. The average molecular weight is 187 g/mol. The minimum Gasteiger partial charge on any atom is -0.365 e. The number of allylic oxidation sites excluding steroid dienone is 1. The van der Waals surface area contributed by atoms with Crippen LogP contribution in [0.5, 0.6) is 0 Å². The fraction of sp³-hybridized carbons (Fsp3) is 0.500. The van der Waals surface area contributed by atoms with Crippen LogP contribution in [-0.4, -0.2) is 31.0 Å². The maximum Gasteiger partial charge on any atom is 0.0843 e. The summed E-state index contributed by atoms with van der Waals surface area (Å²) in [5, 5.41) is 1.39. The number of rotatable bonds is 2. The molecule has 0 radical (unpaired) electrons. The van der Waals surface area contributed by atoms with E-state index in [9.17, 15) is 0 Å². The summed E-state index contributed by atoms with van der Waals surface area (Å²) in [5.74, 6) is 0. The van der Waals surface area contributed by atoms with Crippen molar-refractivity contribution in [1.29, 1.82) is 0 Å². The first-order chi connectivity index (χ1) is 5.29. The third-order valence-electron chi connectivity index (χ3n) is 1.62. The Labute approximate surface area is 76.9 Å². The smallest absolute Gasteiger partial charge is 0.0843 e. The van der Waals surface area contributed by atoms with E-state index in [2.05, 4.69) is 36.6 Å². The highest BCUT2D eigenvalue weighted by Gasteiger charge is 2.10. The fourth-order valence-electron chi connectivity index (χ4n) is 1.07. The van der Waals surface area contributed by atoms with Gasteiger partial charge in [0, 0.05) is 18.5 Å². The van der Waals surface area contributed by atoms with E-state index in [0.717, 1.165) is 6.54 Å². The van der Waals surface area contributed by atoms with Crippen molar-refractivity contribution in [3.05, 3.63) is 22.1 Å². The second-order valence-electron chi connectivity index (χ2n) is 2.36. The molecule has 0 spiro atoms. The molecule has 3 heteroatoms. The Kier molecular flexibility index (Phi) is 3.40. The normalized spacial score (nSPS) is 17.9. The second-order valence-corrected chi connectivity index (χ2v) is 4.00. The SMILES string of the molecule is CSC1=C(SC)N(C)CC=C1. The van der Waals surface area contributed by atoms with E-state index < -0.39 is 0 Å². The first-order valence-electron chi connectivity index (χ1n) is 3.49. The van der Waals surface area contributed by atoms with Crippen molar-refractivity contribution < 1.29 is 0 Å². The van der Waals surface area contributed by atoms with E-state index in [0.29, 0.717) is 0 Å². The van der Waals surface area contributed by atoms with Crippen LogP contribution in [0.2, 0.25) is 0 Å². The second kappa shape index (κ2) is 4.12. The Morgan fingerprint density at radius 2 is 2.09 bits per heavy atom. The molecule has 1 aliphatic heterocycles. The first-order valence-corrected chi connectivity index (χ1v) is 5.94. The minimum atomic E-state index is 1.04. The van der Waals surface area contributed by atoms with Gasteiger partial charge in [-0.3, -0.25) is 0 Å². The Morgan fingerprint density at radius 3 is 2.55 bits per heavy atom. The van der Waals surface area contributed by atoms with Gasteiger partial charge in [0.05, 0.1) is 5.03 Å². The van der Waals surface area contributed by atoms with Gasteiger partial charge in [0.25, 0.3) is 0 Å². The molecule has 11 heavy (non-hydrogen) atoms. The van der Waals surface area contributed by atoms with Crippen LogP contribution in [0.1, 0.15) is 0 Å². The lowest BCUT2D eigenvalue weighted by Crippen LogP contribution is -2.19. The van der Waals surface area contributed by atoms with E-state index in [-0.39, 0.29) is 0 Å². The summed E-state index contributed by atoms with van der Waals surface area (Å²) in [6.45, 7) is 1.04. The summed E-state index contributed by atoms with van der Waals surface area (Å²) in [6.07, 6.45) is 8.65. The summed E-state index contributed by atoms with van der Waals surface area (Å²) >= 11 is 3.63. The van der Waals surface area contributed by atoms with Crippen LogP contribution >= 0.6 is 23.5 Å². The average Bonchev–Trinajstić information content (AvgIpc) is 2.04. The van der Waals surface area contributed by atoms with E-state index in [4.69, 9.17) is 0 Å². The molecule has 0 unspecified atom stereocenters. The van der Waals surface area contributed by atoms with Crippen molar-refractivity contribution in [3.8, 4) is 0 Å². The van der Waals surface area contributed by atoms with Gasteiger partial charge in [-0.2, -0.15) is 0 Å². The van der Waals surface area contributed by atoms with Crippen molar-refractivity contribution in [2.24, 2.45) is 0 Å². The molecular formula is C8H13NS2. The highest BCUT2D eigenvalue weighted by Crippen LogP contribution is 2.30. The first kappa shape index (κ1) is 9.07. The van der Waals surface area contributed by atoms with Crippen LogP contribution < -0.4 is 0 Å². The van der Waals surface area contributed by atoms with Crippen LogP contribution in [-0.2, 0) is 0 Å². The van der Waals surface area contributed by atoms with Crippen molar-refractivity contribution in [2.45, 2.75) is 0 Å². The molecule has 62 valence electrons. The van der Waals surface area contributed by atoms with Gasteiger partial charge < -0.3 is 4.90 Å². The topological polar surface area (TPSA) is 3.24 Å². The summed E-state index contributed by atoms with van der Waals surface area (Å²) in [5.41, 5.74) is 0. The highest BCUT2D eigenvalue weighted by molar-refractivity contribution is 8.06. The largest absolute Gasteiger partial charge is 0.365 e. The zero-order valence-corrected chi connectivity index (χ0v) is 8.76. The van der Waals surface area contributed by atoms with E-state index >= 15 is 0 Å². The fourth-order valence-corrected chi connectivity index (χ4v) is 2.79. The predicted molar refractivity (Wildman–Crippen MR) is 55.8 cm³/mol. The molecule has 0 saturated carbocycles. The predicted octanol–water partition coefficient (Wildman–Crippen LogP) is 2.38. The summed E-state index contributed by atoms with van der Waals surface area (Å²) in [4.78, 5) is 3.66. The number of likely N-dealkylation sites (N-methyl/N-ethyl adjacent to an activating group) is 1. The van der Waals surface area contributed by atoms with Gasteiger partial charge in [0.1, 0.15) is 0 Å². The quantitative estimate of drug-likeness (QED) is 0.653. The van der Waals surface area contributed by atoms with Gasteiger partial charge in [-0.25, -0.2) is 0 Å². The lowest BCUT2D eigenvalue weighted by molar-refractivity contribution is 0.491. The molecule has 0 saturated heterocycles. The molecule has 0 amide bonds. The van der Waals surface area contributed by atoms with Gasteiger partial charge in [-0.1, -0.05) is 6.08 Å². The van der Waals surface area contributed by atoms with Gasteiger partial charge in [0.15, 0.2) is 0 Å². The third kappa shape index (κ3) is 1.97. The van der Waals surface area contributed by atoms with Gasteiger partial charge in [0.2, 0.25) is 0 Å². The van der Waals surface area contributed by atoms with E-state index in [1.165, 1.54) is 9.93 Å². The van der Waals surface area contributed by atoms with Gasteiger partial charge >= 0.3 is 0 Å². The Balaban J connectivity index is 2.86. The molecule has 1 aliphatic rings. The Morgan fingerprint density at radius 1 is 1.36 bits per heavy atom.